The molecule has 0 atom stereocenters. The Kier molecular flexibility index (Phi) is 5.65. The number of carbonyl (C=O) groups is 1. The summed E-state index contributed by atoms with van der Waals surface area (Å²) < 4.78 is 10.5. The Hall–Kier alpha value is -2.69. The highest BCUT2D eigenvalue weighted by Gasteiger charge is 2.03. The number of carbonyl (C=O) groups excluding carboxylic acids is 1. The van der Waals surface area contributed by atoms with E-state index < -0.39 is 0 Å². The number of hydrogen-bond acceptors (Lipinski definition) is 4. The molecule has 0 heterocycles. The number of rotatable bonds is 7. The summed E-state index contributed by atoms with van der Waals surface area (Å²) in [6.07, 6.45) is 0. The third kappa shape index (κ3) is 4.70. The van der Waals surface area contributed by atoms with E-state index >= 15 is 0 Å². The highest BCUT2D eigenvalue weighted by Crippen LogP contribution is 2.17. The van der Waals surface area contributed by atoms with Gasteiger partial charge in [0.15, 0.2) is 0 Å². The maximum absolute atomic E-state index is 11.9. The van der Waals surface area contributed by atoms with Gasteiger partial charge in [0.25, 0.3) is 0 Å². The second-order valence-corrected chi connectivity index (χ2v) is 4.59. The minimum absolute atomic E-state index is 0.119. The van der Waals surface area contributed by atoms with Gasteiger partial charge in [-0.05, 0) is 43.3 Å². The van der Waals surface area contributed by atoms with Gasteiger partial charge < -0.3 is 20.1 Å². The Morgan fingerprint density at radius 1 is 1.05 bits per heavy atom. The van der Waals surface area contributed by atoms with Crippen molar-refractivity contribution in [2.24, 2.45) is 0 Å². The van der Waals surface area contributed by atoms with Crippen molar-refractivity contribution in [3.63, 3.8) is 0 Å². The maximum atomic E-state index is 11.9. The summed E-state index contributed by atoms with van der Waals surface area (Å²) in [5.41, 5.74) is 1.58. The molecule has 5 heteroatoms. The molecular weight excluding hydrogens is 280 g/mol. The average Bonchev–Trinajstić information content (AvgIpc) is 2.54. The van der Waals surface area contributed by atoms with Gasteiger partial charge in [-0.25, -0.2) is 0 Å². The average molecular weight is 300 g/mol. The van der Waals surface area contributed by atoms with E-state index in [0.29, 0.717) is 6.61 Å². The first-order valence-corrected chi connectivity index (χ1v) is 7.12. The van der Waals surface area contributed by atoms with Crippen LogP contribution in [0, 0.1) is 0 Å². The van der Waals surface area contributed by atoms with Crippen LogP contribution in [0.15, 0.2) is 48.5 Å². The Morgan fingerprint density at radius 3 is 2.50 bits per heavy atom. The van der Waals surface area contributed by atoms with Gasteiger partial charge in [-0.1, -0.05) is 6.07 Å². The van der Waals surface area contributed by atoms with Gasteiger partial charge in [-0.15, -0.1) is 0 Å². The smallest absolute Gasteiger partial charge is 0.243 e. The summed E-state index contributed by atoms with van der Waals surface area (Å²) in [6.45, 7) is 2.73. The van der Waals surface area contributed by atoms with Crippen LogP contribution in [0.3, 0.4) is 0 Å². The monoisotopic (exact) mass is 300 g/mol. The van der Waals surface area contributed by atoms with E-state index in [9.17, 15) is 4.79 Å². The lowest BCUT2D eigenvalue weighted by molar-refractivity contribution is -0.114. The zero-order chi connectivity index (χ0) is 15.8. The minimum atomic E-state index is -0.119. The van der Waals surface area contributed by atoms with Gasteiger partial charge in [0.1, 0.15) is 11.5 Å². The van der Waals surface area contributed by atoms with Crippen molar-refractivity contribution in [1.82, 2.24) is 0 Å². The van der Waals surface area contributed by atoms with E-state index in [4.69, 9.17) is 9.47 Å². The number of amides is 1. The zero-order valence-electron chi connectivity index (χ0n) is 12.8. The molecule has 116 valence electrons. The lowest BCUT2D eigenvalue weighted by Crippen LogP contribution is -2.21. The van der Waals surface area contributed by atoms with E-state index in [-0.39, 0.29) is 12.5 Å². The first-order valence-electron chi connectivity index (χ1n) is 7.12. The molecule has 0 saturated heterocycles. The molecule has 0 bridgehead atoms. The molecule has 2 N–H and O–H groups in total. The normalized spacial score (nSPS) is 9.91. The summed E-state index contributed by atoms with van der Waals surface area (Å²) in [4.78, 5) is 11.9. The number of nitrogens with one attached hydrogen (secondary N) is 2. The highest BCUT2D eigenvalue weighted by molar-refractivity contribution is 5.93. The van der Waals surface area contributed by atoms with Crippen LogP contribution in [0.5, 0.6) is 11.5 Å². The first kappa shape index (κ1) is 15.7. The lowest BCUT2D eigenvalue weighted by atomic mass is 10.3. The standard InChI is InChI=1S/C17H20N2O3/c1-3-22-16-6-4-5-14(11-16)18-12-17(20)19-13-7-9-15(21-2)10-8-13/h4-11,18H,3,12H2,1-2H3,(H,19,20). The van der Waals surface area contributed by atoms with Gasteiger partial charge in [-0.2, -0.15) is 0 Å². The molecule has 0 spiro atoms. The van der Waals surface area contributed by atoms with Crippen molar-refractivity contribution in [3.05, 3.63) is 48.5 Å². The third-order valence-electron chi connectivity index (χ3n) is 2.97. The van der Waals surface area contributed by atoms with Gasteiger partial charge in [-0.3, -0.25) is 4.79 Å². The van der Waals surface area contributed by atoms with Crippen LogP contribution in [0.25, 0.3) is 0 Å². The van der Waals surface area contributed by atoms with Crippen LogP contribution in [-0.4, -0.2) is 26.2 Å². The second kappa shape index (κ2) is 7.93. The number of hydrogen-bond donors (Lipinski definition) is 2. The summed E-state index contributed by atoms with van der Waals surface area (Å²) >= 11 is 0. The Balaban J connectivity index is 1.85. The Bertz CT molecular complexity index is 612. The minimum Gasteiger partial charge on any atom is -0.497 e. The number of anilines is 2. The number of ether oxygens (including phenoxy) is 2. The largest absolute Gasteiger partial charge is 0.497 e. The van der Waals surface area contributed by atoms with Crippen molar-refractivity contribution in [3.8, 4) is 11.5 Å². The molecule has 0 saturated carbocycles. The first-order chi connectivity index (χ1) is 10.7. The predicted octanol–water partition coefficient (Wildman–Crippen LogP) is 3.14. The molecule has 0 aliphatic rings. The number of benzene rings is 2. The molecule has 0 aromatic heterocycles. The fourth-order valence-corrected chi connectivity index (χ4v) is 1.92. The molecule has 0 fully saturated rings. The molecule has 2 aromatic carbocycles. The fraction of sp³-hybridized carbons (Fsp3) is 0.235. The molecular formula is C17H20N2O3. The van der Waals surface area contributed by atoms with Gasteiger partial charge >= 0.3 is 0 Å². The predicted molar refractivity (Wildman–Crippen MR) is 87.7 cm³/mol. The molecule has 22 heavy (non-hydrogen) atoms. The fourth-order valence-electron chi connectivity index (χ4n) is 1.92. The van der Waals surface area contributed by atoms with Crippen molar-refractivity contribution in [2.75, 3.05) is 30.9 Å². The molecule has 0 unspecified atom stereocenters. The van der Waals surface area contributed by atoms with Crippen molar-refractivity contribution < 1.29 is 14.3 Å². The van der Waals surface area contributed by atoms with Crippen LogP contribution in [-0.2, 0) is 4.79 Å². The van der Waals surface area contributed by atoms with Gasteiger partial charge in [0.05, 0.1) is 20.3 Å². The van der Waals surface area contributed by atoms with E-state index in [1.807, 2.05) is 31.2 Å². The molecule has 5 nitrogen and oxygen atoms in total. The van der Waals surface area contributed by atoms with Crippen LogP contribution >= 0.6 is 0 Å². The van der Waals surface area contributed by atoms with E-state index in [0.717, 1.165) is 22.9 Å². The van der Waals surface area contributed by atoms with Crippen molar-refractivity contribution in [1.29, 1.82) is 0 Å². The quantitative estimate of drug-likeness (QED) is 0.824. The van der Waals surface area contributed by atoms with E-state index in [1.165, 1.54) is 0 Å². The second-order valence-electron chi connectivity index (χ2n) is 4.59. The lowest BCUT2D eigenvalue weighted by Gasteiger charge is -2.10. The molecule has 0 aliphatic carbocycles. The van der Waals surface area contributed by atoms with Gasteiger partial charge in [0.2, 0.25) is 5.91 Å². The summed E-state index contributed by atoms with van der Waals surface area (Å²) in [5, 5.41) is 5.88. The van der Waals surface area contributed by atoms with E-state index in [1.54, 1.807) is 31.4 Å². The summed E-state index contributed by atoms with van der Waals surface area (Å²) in [6, 6.07) is 14.7. The molecule has 1 amide bonds. The molecule has 2 aromatic rings. The molecule has 0 radical (unpaired) electrons. The van der Waals surface area contributed by atoms with Crippen LogP contribution in [0.1, 0.15) is 6.92 Å². The maximum Gasteiger partial charge on any atom is 0.243 e. The Morgan fingerprint density at radius 2 is 1.82 bits per heavy atom. The van der Waals surface area contributed by atoms with Crippen LogP contribution in [0.4, 0.5) is 11.4 Å². The SMILES string of the molecule is CCOc1cccc(NCC(=O)Nc2ccc(OC)cc2)c1. The Labute approximate surface area is 130 Å². The van der Waals surface area contributed by atoms with Crippen molar-refractivity contribution >= 4 is 17.3 Å². The van der Waals surface area contributed by atoms with E-state index in [2.05, 4.69) is 10.6 Å². The zero-order valence-corrected chi connectivity index (χ0v) is 12.8. The third-order valence-corrected chi connectivity index (χ3v) is 2.97. The summed E-state index contributed by atoms with van der Waals surface area (Å²) in [7, 11) is 1.61. The topological polar surface area (TPSA) is 59.6 Å². The summed E-state index contributed by atoms with van der Waals surface area (Å²) in [5.74, 6) is 1.42. The van der Waals surface area contributed by atoms with Crippen molar-refractivity contribution in [2.45, 2.75) is 6.92 Å². The van der Waals surface area contributed by atoms with Crippen LogP contribution in [0.2, 0.25) is 0 Å². The van der Waals surface area contributed by atoms with Gasteiger partial charge in [0, 0.05) is 17.4 Å². The molecule has 0 aliphatic heterocycles. The highest BCUT2D eigenvalue weighted by atomic mass is 16.5. The van der Waals surface area contributed by atoms with Crippen LogP contribution < -0.4 is 20.1 Å². The number of methoxy groups -OCH3 is 1. The molecule has 2 rings (SSSR count).